The van der Waals surface area contributed by atoms with E-state index in [0.717, 1.165) is 32.5 Å². The summed E-state index contributed by atoms with van der Waals surface area (Å²) in [5, 5.41) is 3.37. The predicted molar refractivity (Wildman–Crippen MR) is 78.0 cm³/mol. The third kappa shape index (κ3) is 3.02. The summed E-state index contributed by atoms with van der Waals surface area (Å²) in [6.07, 6.45) is 9.53. The Hall–Kier alpha value is -0.220. The lowest BCUT2D eigenvalue weighted by Gasteiger charge is -2.32. The lowest BCUT2D eigenvalue weighted by molar-refractivity contribution is -0.129. The molecular weight excluding hydrogens is 244 g/mol. The van der Waals surface area contributed by atoms with Gasteiger partial charge in [0, 0.05) is 17.8 Å². The van der Waals surface area contributed by atoms with E-state index in [0.29, 0.717) is 10.7 Å². The summed E-state index contributed by atoms with van der Waals surface area (Å²) >= 11 is 1.97. The van der Waals surface area contributed by atoms with Crippen LogP contribution in [0.1, 0.15) is 45.4 Å². The normalized spacial score (nSPS) is 27.1. The van der Waals surface area contributed by atoms with E-state index >= 15 is 0 Å². The van der Waals surface area contributed by atoms with Gasteiger partial charge in [0.2, 0.25) is 5.91 Å². The van der Waals surface area contributed by atoms with Crippen molar-refractivity contribution >= 4 is 17.7 Å². The lowest BCUT2D eigenvalue weighted by atomic mass is 10.1. The van der Waals surface area contributed by atoms with Crippen LogP contribution in [0.5, 0.6) is 0 Å². The van der Waals surface area contributed by atoms with Gasteiger partial charge in [-0.15, -0.1) is 0 Å². The van der Waals surface area contributed by atoms with Crippen LogP contribution in [-0.4, -0.2) is 47.5 Å². The molecule has 1 aliphatic carbocycles. The molecule has 1 saturated heterocycles. The Kier molecular flexibility index (Phi) is 4.96. The lowest BCUT2D eigenvalue weighted by Crippen LogP contribution is -2.44. The molecule has 4 heteroatoms. The molecule has 1 aliphatic heterocycles. The first-order valence-corrected chi connectivity index (χ1v) is 8.50. The fourth-order valence-corrected chi connectivity index (χ4v) is 4.18. The van der Waals surface area contributed by atoms with Crippen molar-refractivity contribution in [2.24, 2.45) is 0 Å². The van der Waals surface area contributed by atoms with Gasteiger partial charge in [-0.2, -0.15) is 11.8 Å². The van der Waals surface area contributed by atoms with Gasteiger partial charge in [-0.1, -0.05) is 19.8 Å². The van der Waals surface area contributed by atoms with Crippen molar-refractivity contribution in [1.82, 2.24) is 10.2 Å². The van der Waals surface area contributed by atoms with E-state index in [-0.39, 0.29) is 6.04 Å². The maximum absolute atomic E-state index is 12.3. The van der Waals surface area contributed by atoms with Crippen LogP contribution in [0.25, 0.3) is 0 Å². The fraction of sp³-hybridized carbons (Fsp3) is 0.929. The van der Waals surface area contributed by atoms with Crippen molar-refractivity contribution in [2.75, 3.05) is 25.9 Å². The third-order valence-electron chi connectivity index (χ3n) is 4.37. The summed E-state index contributed by atoms with van der Waals surface area (Å²) in [4.78, 5) is 14.4. The van der Waals surface area contributed by atoms with Crippen LogP contribution in [-0.2, 0) is 4.79 Å². The minimum atomic E-state index is 0.0882. The Labute approximate surface area is 115 Å². The molecule has 2 aliphatic rings. The van der Waals surface area contributed by atoms with Crippen LogP contribution < -0.4 is 5.32 Å². The molecule has 1 atom stereocenters. The van der Waals surface area contributed by atoms with Crippen molar-refractivity contribution in [3.05, 3.63) is 0 Å². The van der Waals surface area contributed by atoms with Crippen molar-refractivity contribution in [1.29, 1.82) is 0 Å². The Balaban J connectivity index is 1.88. The maximum Gasteiger partial charge on any atom is 0.239 e. The molecule has 2 rings (SSSR count). The second kappa shape index (κ2) is 6.29. The van der Waals surface area contributed by atoms with Gasteiger partial charge >= 0.3 is 0 Å². The van der Waals surface area contributed by atoms with E-state index in [4.69, 9.17) is 0 Å². The highest BCUT2D eigenvalue weighted by molar-refractivity contribution is 8.00. The SMILES string of the molecule is CCCNC1CCN(CC2(SC)CCCC2)C1=O. The third-order valence-corrected chi connectivity index (χ3v) is 5.77. The van der Waals surface area contributed by atoms with E-state index in [9.17, 15) is 4.79 Å². The van der Waals surface area contributed by atoms with E-state index in [1.54, 1.807) is 0 Å². The Morgan fingerprint density at radius 3 is 2.78 bits per heavy atom. The Bertz CT molecular complexity index is 290. The van der Waals surface area contributed by atoms with Gasteiger partial charge in [-0.05, 0) is 38.5 Å². The summed E-state index contributed by atoms with van der Waals surface area (Å²) < 4.78 is 0.356. The molecule has 18 heavy (non-hydrogen) atoms. The molecule has 1 saturated carbocycles. The molecule has 104 valence electrons. The smallest absolute Gasteiger partial charge is 0.239 e. The number of thioether (sulfide) groups is 1. The minimum absolute atomic E-state index is 0.0882. The van der Waals surface area contributed by atoms with Gasteiger partial charge in [0.05, 0.1) is 6.04 Å². The van der Waals surface area contributed by atoms with Gasteiger partial charge in [0.1, 0.15) is 0 Å². The van der Waals surface area contributed by atoms with Crippen LogP contribution >= 0.6 is 11.8 Å². The molecule has 1 N–H and O–H groups in total. The van der Waals surface area contributed by atoms with Gasteiger partial charge < -0.3 is 10.2 Å². The van der Waals surface area contributed by atoms with E-state index in [1.165, 1.54) is 25.7 Å². The second-order valence-corrected chi connectivity index (χ2v) is 6.92. The number of carbonyl (C=O) groups excluding carboxylic acids is 1. The van der Waals surface area contributed by atoms with Crippen molar-refractivity contribution in [2.45, 2.75) is 56.2 Å². The zero-order valence-electron chi connectivity index (χ0n) is 11.7. The summed E-state index contributed by atoms with van der Waals surface area (Å²) in [5.41, 5.74) is 0. The monoisotopic (exact) mass is 270 g/mol. The second-order valence-electron chi connectivity index (χ2n) is 5.65. The molecular formula is C14H26N2OS. The first-order chi connectivity index (χ1) is 8.71. The number of rotatable bonds is 6. The van der Waals surface area contributed by atoms with Crippen molar-refractivity contribution < 1.29 is 4.79 Å². The molecule has 2 fully saturated rings. The predicted octanol–water partition coefficient (Wildman–Crippen LogP) is 2.26. The maximum atomic E-state index is 12.3. The summed E-state index contributed by atoms with van der Waals surface area (Å²) in [5.74, 6) is 0.337. The van der Waals surface area contributed by atoms with Crippen molar-refractivity contribution in [3.8, 4) is 0 Å². The highest BCUT2D eigenvalue weighted by atomic mass is 32.2. The number of nitrogens with one attached hydrogen (secondary N) is 1. The number of amides is 1. The highest BCUT2D eigenvalue weighted by Crippen LogP contribution is 2.41. The van der Waals surface area contributed by atoms with E-state index in [1.807, 2.05) is 11.8 Å². The number of hydrogen-bond acceptors (Lipinski definition) is 3. The van der Waals surface area contributed by atoms with Gasteiger partial charge in [-0.25, -0.2) is 0 Å². The van der Waals surface area contributed by atoms with Crippen LogP contribution in [0.4, 0.5) is 0 Å². The number of hydrogen-bond donors (Lipinski definition) is 1. The zero-order chi connectivity index (χ0) is 13.0. The fourth-order valence-electron chi connectivity index (χ4n) is 3.20. The molecule has 0 aromatic rings. The van der Waals surface area contributed by atoms with E-state index in [2.05, 4.69) is 23.4 Å². The molecule has 1 amide bonds. The van der Waals surface area contributed by atoms with Crippen molar-refractivity contribution in [3.63, 3.8) is 0 Å². The molecule has 0 bridgehead atoms. The van der Waals surface area contributed by atoms with Gasteiger partial charge in [-0.3, -0.25) is 4.79 Å². The van der Waals surface area contributed by atoms with Crippen LogP contribution in [0.3, 0.4) is 0 Å². The molecule has 1 heterocycles. The molecule has 1 unspecified atom stereocenters. The standard InChI is InChI=1S/C14H26N2OS/c1-3-9-15-12-6-10-16(13(12)17)11-14(18-2)7-4-5-8-14/h12,15H,3-11H2,1-2H3. The van der Waals surface area contributed by atoms with Crippen LogP contribution in [0, 0.1) is 0 Å². The Morgan fingerprint density at radius 2 is 2.17 bits per heavy atom. The van der Waals surface area contributed by atoms with Crippen LogP contribution in [0.2, 0.25) is 0 Å². The quantitative estimate of drug-likeness (QED) is 0.803. The number of carbonyl (C=O) groups is 1. The average Bonchev–Trinajstić information content (AvgIpc) is 2.98. The van der Waals surface area contributed by atoms with Gasteiger partial charge in [0.15, 0.2) is 0 Å². The molecule has 0 radical (unpaired) electrons. The Morgan fingerprint density at radius 1 is 1.44 bits per heavy atom. The zero-order valence-corrected chi connectivity index (χ0v) is 12.5. The largest absolute Gasteiger partial charge is 0.340 e. The minimum Gasteiger partial charge on any atom is -0.340 e. The van der Waals surface area contributed by atoms with Crippen LogP contribution in [0.15, 0.2) is 0 Å². The van der Waals surface area contributed by atoms with E-state index < -0.39 is 0 Å². The number of nitrogens with zero attached hydrogens (tertiary/aromatic N) is 1. The molecule has 0 spiro atoms. The number of likely N-dealkylation sites (tertiary alicyclic amines) is 1. The summed E-state index contributed by atoms with van der Waals surface area (Å²) in [7, 11) is 0. The molecule has 3 nitrogen and oxygen atoms in total. The molecule has 0 aromatic carbocycles. The summed E-state index contributed by atoms with van der Waals surface area (Å²) in [6.45, 7) is 5.02. The first kappa shape index (κ1) is 14.2. The topological polar surface area (TPSA) is 32.3 Å². The van der Waals surface area contributed by atoms with Gasteiger partial charge in [0.25, 0.3) is 0 Å². The molecule has 0 aromatic heterocycles. The first-order valence-electron chi connectivity index (χ1n) is 7.28. The highest BCUT2D eigenvalue weighted by Gasteiger charge is 2.39. The summed E-state index contributed by atoms with van der Waals surface area (Å²) in [6, 6.07) is 0.0882. The average molecular weight is 270 g/mol.